The Balaban J connectivity index is 2.34. The van der Waals surface area contributed by atoms with Crippen LogP contribution >= 0.6 is 0 Å². The van der Waals surface area contributed by atoms with Gasteiger partial charge in [0.1, 0.15) is 0 Å². The van der Waals surface area contributed by atoms with Crippen LogP contribution in [-0.2, 0) is 0 Å². The Bertz CT molecular complexity index is 584. The van der Waals surface area contributed by atoms with Gasteiger partial charge >= 0.3 is 6.03 Å². The van der Waals surface area contributed by atoms with E-state index in [9.17, 15) is 9.59 Å². The van der Waals surface area contributed by atoms with Crippen molar-refractivity contribution in [2.24, 2.45) is 17.8 Å². The number of anilines is 1. The van der Waals surface area contributed by atoms with Gasteiger partial charge in [0.05, 0.1) is 0 Å². The number of urea groups is 1. The van der Waals surface area contributed by atoms with E-state index in [1.54, 1.807) is 6.92 Å². The molecule has 0 aliphatic rings. The van der Waals surface area contributed by atoms with Crippen LogP contribution in [-0.4, -0.2) is 22.5 Å². The summed E-state index contributed by atoms with van der Waals surface area (Å²) >= 11 is 0. The second-order valence-corrected chi connectivity index (χ2v) is 8.07. The molecule has 0 aliphatic carbocycles. The molecule has 0 atom stereocenters. The quantitative estimate of drug-likeness (QED) is 0.506. The van der Waals surface area contributed by atoms with Crippen LogP contribution in [0.5, 0.6) is 0 Å². The molecule has 0 spiro atoms. The van der Waals surface area contributed by atoms with Gasteiger partial charge in [-0.1, -0.05) is 53.4 Å². The topological polar surface area (TPSA) is 86.9 Å². The molecule has 26 heavy (non-hydrogen) atoms. The van der Waals surface area contributed by atoms with Gasteiger partial charge in [-0.3, -0.25) is 15.1 Å². The smallest absolute Gasteiger partial charge is 0.321 e. The summed E-state index contributed by atoms with van der Waals surface area (Å²) in [5.41, 5.74) is 0.299. The van der Waals surface area contributed by atoms with E-state index in [-0.39, 0.29) is 17.5 Å². The largest absolute Gasteiger partial charge is 0.338 e. The Hall–Kier alpha value is -1.85. The Morgan fingerprint density at radius 2 is 1.69 bits per heavy atom. The molecule has 6 heteroatoms. The SMILES string of the molecule is Cc1cc(=O)[nH]c(NC(=O)NCCCC(CCC(C)C)CCC(C)C)n1. The van der Waals surface area contributed by atoms with Gasteiger partial charge in [-0.2, -0.15) is 0 Å². The molecule has 0 aliphatic heterocycles. The number of carbonyl (C=O) groups excluding carboxylic acids is 1. The van der Waals surface area contributed by atoms with E-state index < -0.39 is 0 Å². The Morgan fingerprint density at radius 1 is 1.08 bits per heavy atom. The highest BCUT2D eigenvalue weighted by atomic mass is 16.2. The first-order valence-corrected chi connectivity index (χ1v) is 9.89. The molecule has 1 rings (SSSR count). The lowest BCUT2D eigenvalue weighted by molar-refractivity contribution is 0.251. The summed E-state index contributed by atoms with van der Waals surface area (Å²) in [6.45, 7) is 11.4. The number of H-pyrrole nitrogens is 1. The van der Waals surface area contributed by atoms with Crippen LogP contribution in [0, 0.1) is 24.7 Å². The minimum atomic E-state index is -0.334. The summed E-state index contributed by atoms with van der Waals surface area (Å²) in [7, 11) is 0. The van der Waals surface area contributed by atoms with Crippen molar-refractivity contribution in [1.29, 1.82) is 0 Å². The zero-order valence-electron chi connectivity index (χ0n) is 17.0. The van der Waals surface area contributed by atoms with E-state index in [1.807, 2.05) is 0 Å². The zero-order chi connectivity index (χ0) is 19.5. The first kappa shape index (κ1) is 22.2. The van der Waals surface area contributed by atoms with Crippen LogP contribution in [0.25, 0.3) is 0 Å². The molecule has 0 bridgehead atoms. The average Bonchev–Trinajstić information content (AvgIpc) is 2.51. The summed E-state index contributed by atoms with van der Waals surface area (Å²) in [6, 6.07) is 1.05. The Morgan fingerprint density at radius 3 is 2.23 bits per heavy atom. The number of aromatic nitrogens is 2. The van der Waals surface area contributed by atoms with Gasteiger partial charge in [0, 0.05) is 18.3 Å². The number of hydrogen-bond acceptors (Lipinski definition) is 3. The molecule has 6 nitrogen and oxygen atoms in total. The summed E-state index contributed by atoms with van der Waals surface area (Å²) in [4.78, 5) is 29.9. The molecule has 0 aromatic carbocycles. The fraction of sp³-hybridized carbons (Fsp3) is 0.750. The maximum Gasteiger partial charge on any atom is 0.321 e. The van der Waals surface area contributed by atoms with E-state index in [1.165, 1.54) is 31.7 Å². The zero-order valence-corrected chi connectivity index (χ0v) is 17.0. The number of hydrogen-bond donors (Lipinski definition) is 3. The third-order valence-corrected chi connectivity index (χ3v) is 4.48. The monoisotopic (exact) mass is 364 g/mol. The first-order chi connectivity index (χ1) is 12.3. The number of aryl methyl sites for hydroxylation is 1. The third kappa shape index (κ3) is 10.2. The standard InChI is InChI=1S/C20H36N4O2/c1-14(2)8-10-17(11-9-15(3)4)7-6-12-21-20(26)24-19-22-16(5)13-18(25)23-19/h13-15,17H,6-12H2,1-5H3,(H3,21,22,23,24,25,26). The summed E-state index contributed by atoms with van der Waals surface area (Å²) in [5.74, 6) is 2.40. The number of amides is 2. The molecule has 1 aromatic rings. The summed E-state index contributed by atoms with van der Waals surface area (Å²) in [6.07, 6.45) is 7.17. The maximum atomic E-state index is 11.9. The van der Waals surface area contributed by atoms with Crippen molar-refractivity contribution >= 4 is 12.0 Å². The van der Waals surface area contributed by atoms with Crippen molar-refractivity contribution in [3.05, 3.63) is 22.1 Å². The van der Waals surface area contributed by atoms with Crippen molar-refractivity contribution in [2.45, 2.75) is 73.1 Å². The van der Waals surface area contributed by atoms with E-state index in [2.05, 4.69) is 48.3 Å². The lowest BCUT2D eigenvalue weighted by Gasteiger charge is -2.19. The van der Waals surface area contributed by atoms with Crippen LogP contribution in [0.15, 0.2) is 10.9 Å². The highest BCUT2D eigenvalue weighted by Crippen LogP contribution is 2.23. The maximum absolute atomic E-state index is 11.9. The summed E-state index contributed by atoms with van der Waals surface area (Å²) in [5, 5.41) is 5.42. The molecule has 3 N–H and O–H groups in total. The number of carbonyl (C=O) groups is 1. The predicted molar refractivity (Wildman–Crippen MR) is 107 cm³/mol. The van der Waals surface area contributed by atoms with E-state index >= 15 is 0 Å². The number of nitrogens with zero attached hydrogens (tertiary/aromatic N) is 1. The van der Waals surface area contributed by atoms with Gasteiger partial charge in [-0.05, 0) is 37.5 Å². The molecule has 1 heterocycles. The van der Waals surface area contributed by atoms with Gasteiger partial charge in [0.2, 0.25) is 5.95 Å². The number of aromatic amines is 1. The fourth-order valence-corrected chi connectivity index (χ4v) is 2.95. The molecule has 0 unspecified atom stereocenters. The molecule has 0 radical (unpaired) electrons. The second-order valence-electron chi connectivity index (χ2n) is 8.07. The Kier molecular flexibility index (Phi) is 9.99. The third-order valence-electron chi connectivity index (χ3n) is 4.48. The number of rotatable bonds is 11. The molecule has 0 fully saturated rings. The minimum absolute atomic E-state index is 0.180. The fourth-order valence-electron chi connectivity index (χ4n) is 2.95. The molecule has 2 amide bonds. The molecule has 1 aromatic heterocycles. The molecular weight excluding hydrogens is 328 g/mol. The van der Waals surface area contributed by atoms with Crippen molar-refractivity contribution in [3.8, 4) is 0 Å². The van der Waals surface area contributed by atoms with Crippen LogP contribution in [0.2, 0.25) is 0 Å². The van der Waals surface area contributed by atoms with Gasteiger partial charge in [-0.15, -0.1) is 0 Å². The van der Waals surface area contributed by atoms with Crippen LogP contribution in [0.4, 0.5) is 10.7 Å². The Labute approximate surface area is 157 Å². The van der Waals surface area contributed by atoms with E-state index in [0.717, 1.165) is 30.6 Å². The molecular formula is C20H36N4O2. The normalized spacial score (nSPS) is 11.4. The summed E-state index contributed by atoms with van der Waals surface area (Å²) < 4.78 is 0. The molecule has 0 saturated heterocycles. The predicted octanol–water partition coefficient (Wildman–Crippen LogP) is 4.47. The van der Waals surface area contributed by atoms with Crippen molar-refractivity contribution < 1.29 is 4.79 Å². The average molecular weight is 365 g/mol. The first-order valence-electron chi connectivity index (χ1n) is 9.89. The molecule has 0 saturated carbocycles. The number of nitrogens with one attached hydrogen (secondary N) is 3. The van der Waals surface area contributed by atoms with Crippen molar-refractivity contribution in [1.82, 2.24) is 15.3 Å². The van der Waals surface area contributed by atoms with Crippen LogP contribution in [0.3, 0.4) is 0 Å². The second kappa shape index (κ2) is 11.7. The van der Waals surface area contributed by atoms with E-state index in [4.69, 9.17) is 0 Å². The van der Waals surface area contributed by atoms with Crippen molar-refractivity contribution in [2.75, 3.05) is 11.9 Å². The highest BCUT2D eigenvalue weighted by Gasteiger charge is 2.11. The van der Waals surface area contributed by atoms with Crippen molar-refractivity contribution in [3.63, 3.8) is 0 Å². The highest BCUT2D eigenvalue weighted by molar-refractivity contribution is 5.87. The minimum Gasteiger partial charge on any atom is -0.338 e. The van der Waals surface area contributed by atoms with Crippen LogP contribution in [0.1, 0.15) is 71.9 Å². The van der Waals surface area contributed by atoms with Gasteiger partial charge in [0.15, 0.2) is 0 Å². The molecule has 148 valence electrons. The lowest BCUT2D eigenvalue weighted by Crippen LogP contribution is -2.31. The van der Waals surface area contributed by atoms with E-state index in [0.29, 0.717) is 12.2 Å². The van der Waals surface area contributed by atoms with Crippen LogP contribution < -0.4 is 16.2 Å². The van der Waals surface area contributed by atoms with Gasteiger partial charge in [0.25, 0.3) is 5.56 Å². The lowest BCUT2D eigenvalue weighted by atomic mass is 9.88. The van der Waals surface area contributed by atoms with Gasteiger partial charge in [-0.25, -0.2) is 9.78 Å². The van der Waals surface area contributed by atoms with Gasteiger partial charge < -0.3 is 5.32 Å².